The highest BCUT2D eigenvalue weighted by Crippen LogP contribution is 2.45. The van der Waals surface area contributed by atoms with E-state index >= 15 is 0 Å². The predicted molar refractivity (Wildman–Crippen MR) is 124 cm³/mol. The highest BCUT2D eigenvalue weighted by Gasteiger charge is 2.36. The third kappa shape index (κ3) is 3.39. The summed E-state index contributed by atoms with van der Waals surface area (Å²) in [4.78, 5) is 15.9. The Bertz CT molecular complexity index is 1130. The van der Waals surface area contributed by atoms with E-state index < -0.39 is 0 Å². The summed E-state index contributed by atoms with van der Waals surface area (Å²) in [7, 11) is 0. The zero-order chi connectivity index (χ0) is 21.5. The minimum atomic E-state index is -0.330. The van der Waals surface area contributed by atoms with Crippen LogP contribution in [0.25, 0.3) is 0 Å². The Morgan fingerprint density at radius 2 is 1.56 bits per heavy atom. The van der Waals surface area contributed by atoms with Gasteiger partial charge < -0.3 is 19.1 Å². The summed E-state index contributed by atoms with van der Waals surface area (Å²) in [6.07, 6.45) is 0.905. The van der Waals surface area contributed by atoms with E-state index in [9.17, 15) is 4.79 Å². The summed E-state index contributed by atoms with van der Waals surface area (Å²) >= 11 is 1.91. The van der Waals surface area contributed by atoms with Gasteiger partial charge in [0, 0.05) is 35.2 Å². The Labute approximate surface area is 191 Å². The Morgan fingerprint density at radius 3 is 2.34 bits per heavy atom. The molecule has 0 bridgehead atoms. The van der Waals surface area contributed by atoms with Crippen molar-refractivity contribution in [1.29, 1.82) is 0 Å². The van der Waals surface area contributed by atoms with Crippen LogP contribution < -0.4 is 14.2 Å². The molecule has 3 aromatic rings. The molecule has 0 radical (unpaired) electrons. The van der Waals surface area contributed by atoms with Crippen molar-refractivity contribution in [1.82, 2.24) is 4.90 Å². The second-order valence-electron chi connectivity index (χ2n) is 8.20. The number of carbonyl (C=O) groups excluding carboxylic acids is 1. The van der Waals surface area contributed by atoms with Crippen molar-refractivity contribution in [3.8, 4) is 23.0 Å². The third-order valence-corrected chi connectivity index (χ3v) is 7.68. The van der Waals surface area contributed by atoms with Crippen LogP contribution in [0, 0.1) is 0 Å². The van der Waals surface area contributed by atoms with Gasteiger partial charge in [-0.1, -0.05) is 42.5 Å². The fourth-order valence-corrected chi connectivity index (χ4v) is 5.95. The molecule has 162 valence electrons. The zero-order valence-corrected chi connectivity index (χ0v) is 18.3. The van der Waals surface area contributed by atoms with E-state index in [1.165, 1.54) is 5.56 Å². The fraction of sp³-hybridized carbons (Fsp3) is 0.269. The second kappa shape index (κ2) is 8.10. The Kier molecular flexibility index (Phi) is 4.95. The molecule has 5 nitrogen and oxygen atoms in total. The first-order valence-corrected chi connectivity index (χ1v) is 12.0. The molecular formula is C26H23NO4S. The maximum atomic E-state index is 13.9. The number of para-hydroxylation sites is 2. The molecular weight excluding hydrogens is 422 g/mol. The van der Waals surface area contributed by atoms with Crippen LogP contribution in [0.1, 0.15) is 34.3 Å². The standard InChI is InChI=1S/C26H23NO4S/c28-26(25-18-5-1-3-7-20(18)31-21-8-4-2-6-19(21)25)27-12-11-24(32-14-13-27)17-9-10-22-23(15-17)30-16-29-22/h1-10,15,24-25H,11-14,16H2. The highest BCUT2D eigenvalue weighted by molar-refractivity contribution is 7.99. The number of carbonyl (C=O) groups is 1. The highest BCUT2D eigenvalue weighted by atomic mass is 32.2. The molecule has 0 aromatic heterocycles. The largest absolute Gasteiger partial charge is 0.457 e. The van der Waals surface area contributed by atoms with Crippen LogP contribution in [-0.4, -0.2) is 36.4 Å². The van der Waals surface area contributed by atoms with Crippen molar-refractivity contribution in [2.75, 3.05) is 25.6 Å². The van der Waals surface area contributed by atoms with Crippen LogP contribution in [-0.2, 0) is 4.79 Å². The molecule has 1 atom stereocenters. The SMILES string of the molecule is O=C(C1c2ccccc2Oc2ccccc21)N1CCSC(c2ccc3c(c2)OCO3)CC1. The smallest absolute Gasteiger partial charge is 0.234 e. The fourth-order valence-electron chi connectivity index (χ4n) is 4.73. The van der Waals surface area contributed by atoms with Gasteiger partial charge in [-0.15, -0.1) is 0 Å². The van der Waals surface area contributed by atoms with Gasteiger partial charge in [-0.3, -0.25) is 4.79 Å². The van der Waals surface area contributed by atoms with Crippen LogP contribution in [0.5, 0.6) is 23.0 Å². The van der Waals surface area contributed by atoms with E-state index in [0.717, 1.165) is 59.4 Å². The van der Waals surface area contributed by atoms with Crippen LogP contribution in [0.4, 0.5) is 0 Å². The van der Waals surface area contributed by atoms with Crippen LogP contribution in [0.3, 0.4) is 0 Å². The predicted octanol–water partition coefficient (Wildman–Crippen LogP) is 5.36. The van der Waals surface area contributed by atoms with Crippen LogP contribution in [0.15, 0.2) is 66.7 Å². The summed E-state index contributed by atoms with van der Waals surface area (Å²) in [5, 5.41) is 0.330. The van der Waals surface area contributed by atoms with Crippen LogP contribution in [0.2, 0.25) is 0 Å². The number of hydrogen-bond acceptors (Lipinski definition) is 5. The molecule has 6 rings (SSSR count). The van der Waals surface area contributed by atoms with Gasteiger partial charge in [-0.25, -0.2) is 0 Å². The number of thioether (sulfide) groups is 1. The molecule has 6 heteroatoms. The van der Waals surface area contributed by atoms with Gasteiger partial charge in [-0.2, -0.15) is 11.8 Å². The number of ether oxygens (including phenoxy) is 3. The van der Waals surface area contributed by atoms with Gasteiger partial charge >= 0.3 is 0 Å². The van der Waals surface area contributed by atoms with Crippen molar-refractivity contribution in [2.24, 2.45) is 0 Å². The summed E-state index contributed by atoms with van der Waals surface area (Å²) in [5.41, 5.74) is 3.12. The van der Waals surface area contributed by atoms with Gasteiger partial charge in [0.1, 0.15) is 11.5 Å². The number of amides is 1. The Morgan fingerprint density at radius 1 is 0.844 bits per heavy atom. The van der Waals surface area contributed by atoms with E-state index in [4.69, 9.17) is 14.2 Å². The maximum absolute atomic E-state index is 13.9. The minimum absolute atomic E-state index is 0.153. The summed E-state index contributed by atoms with van der Waals surface area (Å²) in [5.74, 6) is 3.89. The number of fused-ring (bicyclic) bond motifs is 3. The van der Waals surface area contributed by atoms with Gasteiger partial charge in [0.25, 0.3) is 0 Å². The van der Waals surface area contributed by atoms with Crippen molar-refractivity contribution >= 4 is 17.7 Å². The number of hydrogen-bond donors (Lipinski definition) is 0. The average Bonchev–Trinajstić information content (AvgIpc) is 3.17. The van der Waals surface area contributed by atoms with Crippen molar-refractivity contribution in [3.63, 3.8) is 0 Å². The molecule has 0 spiro atoms. The second-order valence-corrected chi connectivity index (χ2v) is 9.51. The van der Waals surface area contributed by atoms with Crippen molar-refractivity contribution in [2.45, 2.75) is 17.6 Å². The van der Waals surface area contributed by atoms with Crippen LogP contribution >= 0.6 is 11.8 Å². The molecule has 1 unspecified atom stereocenters. The minimum Gasteiger partial charge on any atom is -0.457 e. The monoisotopic (exact) mass is 445 g/mol. The molecule has 0 saturated carbocycles. The lowest BCUT2D eigenvalue weighted by Gasteiger charge is -2.31. The molecule has 3 aliphatic heterocycles. The lowest BCUT2D eigenvalue weighted by Crippen LogP contribution is -2.38. The molecule has 32 heavy (non-hydrogen) atoms. The lowest BCUT2D eigenvalue weighted by atomic mass is 9.86. The summed E-state index contributed by atoms with van der Waals surface area (Å²) < 4.78 is 17.1. The zero-order valence-electron chi connectivity index (χ0n) is 17.5. The van der Waals surface area contributed by atoms with Crippen molar-refractivity contribution in [3.05, 3.63) is 83.4 Å². The van der Waals surface area contributed by atoms with Gasteiger partial charge in [-0.05, 0) is 36.2 Å². The summed E-state index contributed by atoms with van der Waals surface area (Å²) in [6, 6.07) is 22.0. The van der Waals surface area contributed by atoms with E-state index in [-0.39, 0.29) is 18.6 Å². The number of nitrogens with zero attached hydrogens (tertiary/aromatic N) is 1. The molecule has 3 aliphatic rings. The summed E-state index contributed by atoms with van der Waals surface area (Å²) in [6.45, 7) is 1.76. The van der Waals surface area contributed by atoms with Gasteiger partial charge in [0.2, 0.25) is 12.7 Å². The average molecular weight is 446 g/mol. The Hall–Kier alpha value is -3.12. The number of rotatable bonds is 2. The first-order valence-electron chi connectivity index (χ1n) is 10.9. The van der Waals surface area contributed by atoms with Gasteiger partial charge in [0.15, 0.2) is 11.5 Å². The van der Waals surface area contributed by atoms with E-state index in [2.05, 4.69) is 12.1 Å². The number of benzene rings is 3. The first-order chi connectivity index (χ1) is 15.8. The molecule has 1 fully saturated rings. The van der Waals surface area contributed by atoms with E-state index in [1.54, 1.807) is 0 Å². The molecule has 0 N–H and O–H groups in total. The van der Waals surface area contributed by atoms with E-state index in [1.807, 2.05) is 71.3 Å². The molecule has 1 amide bonds. The quantitative estimate of drug-likeness (QED) is 0.532. The van der Waals surface area contributed by atoms with Crippen molar-refractivity contribution < 1.29 is 19.0 Å². The Balaban J connectivity index is 1.25. The molecule has 3 aromatic carbocycles. The molecule has 1 saturated heterocycles. The van der Waals surface area contributed by atoms with E-state index in [0.29, 0.717) is 5.25 Å². The molecule has 0 aliphatic carbocycles. The maximum Gasteiger partial charge on any atom is 0.234 e. The first kappa shape index (κ1) is 19.6. The lowest BCUT2D eigenvalue weighted by molar-refractivity contribution is -0.131. The topological polar surface area (TPSA) is 48.0 Å². The molecule has 3 heterocycles. The third-order valence-electron chi connectivity index (χ3n) is 6.35. The normalized spacial score (nSPS) is 19.5. The van der Waals surface area contributed by atoms with Gasteiger partial charge in [0.05, 0.1) is 5.92 Å².